The number of aromatic hydroxyl groups is 1. The molecule has 1 aromatic rings. The van der Waals surface area contributed by atoms with E-state index in [-0.39, 0.29) is 6.04 Å². The van der Waals surface area contributed by atoms with E-state index in [1.165, 1.54) is 6.42 Å². The summed E-state index contributed by atoms with van der Waals surface area (Å²) in [6.07, 6.45) is 3.43. The fourth-order valence-electron chi connectivity index (χ4n) is 1.83. The van der Waals surface area contributed by atoms with Crippen LogP contribution in [0.4, 0.5) is 0 Å². The maximum atomic E-state index is 9.70. The maximum Gasteiger partial charge on any atom is 0.120 e. The zero-order valence-electron chi connectivity index (χ0n) is 10.8. The Kier molecular flexibility index (Phi) is 6.67. The molecule has 0 radical (unpaired) electrons. The van der Waals surface area contributed by atoms with E-state index in [2.05, 4.69) is 12.2 Å². The molecule has 0 fully saturated rings. The van der Waals surface area contributed by atoms with Crippen molar-refractivity contribution in [2.75, 3.05) is 20.3 Å². The minimum absolute atomic E-state index is 0.193. The standard InChI is InChI=1S/C14H23NO2/c1-12(13-8-4-5-9-14(13)16)15-10-6-3-7-11-17-2/h4-5,8-9,12,15-16H,3,6-7,10-11H2,1-2H3. The van der Waals surface area contributed by atoms with Crippen LogP contribution in [-0.4, -0.2) is 25.4 Å². The van der Waals surface area contributed by atoms with Crippen LogP contribution >= 0.6 is 0 Å². The Morgan fingerprint density at radius 3 is 2.71 bits per heavy atom. The van der Waals surface area contributed by atoms with E-state index in [0.717, 1.165) is 31.6 Å². The van der Waals surface area contributed by atoms with Crippen LogP contribution in [0.25, 0.3) is 0 Å². The number of phenols is 1. The van der Waals surface area contributed by atoms with Crippen LogP contribution < -0.4 is 5.32 Å². The van der Waals surface area contributed by atoms with E-state index < -0.39 is 0 Å². The van der Waals surface area contributed by atoms with Crippen molar-refractivity contribution in [2.24, 2.45) is 0 Å². The van der Waals surface area contributed by atoms with Gasteiger partial charge in [0.1, 0.15) is 5.75 Å². The number of benzene rings is 1. The number of hydrogen-bond acceptors (Lipinski definition) is 3. The molecular formula is C14H23NO2. The lowest BCUT2D eigenvalue weighted by Gasteiger charge is -2.15. The van der Waals surface area contributed by atoms with Gasteiger partial charge in [0.2, 0.25) is 0 Å². The highest BCUT2D eigenvalue weighted by atomic mass is 16.5. The molecule has 1 unspecified atom stereocenters. The molecule has 17 heavy (non-hydrogen) atoms. The molecule has 3 heteroatoms. The molecule has 0 aliphatic carbocycles. The van der Waals surface area contributed by atoms with Crippen molar-refractivity contribution in [1.29, 1.82) is 0 Å². The first-order chi connectivity index (χ1) is 8.25. The second-order valence-electron chi connectivity index (χ2n) is 4.29. The minimum atomic E-state index is 0.193. The van der Waals surface area contributed by atoms with Gasteiger partial charge in [-0.1, -0.05) is 18.2 Å². The number of ether oxygens (including phenoxy) is 1. The molecule has 96 valence electrons. The van der Waals surface area contributed by atoms with Crippen molar-refractivity contribution in [3.05, 3.63) is 29.8 Å². The van der Waals surface area contributed by atoms with Crippen LogP contribution in [0.15, 0.2) is 24.3 Å². The SMILES string of the molecule is COCCCCCNC(C)c1ccccc1O. The molecule has 1 rings (SSSR count). The topological polar surface area (TPSA) is 41.5 Å². The monoisotopic (exact) mass is 237 g/mol. The van der Waals surface area contributed by atoms with Crippen LogP contribution in [0.3, 0.4) is 0 Å². The summed E-state index contributed by atoms with van der Waals surface area (Å²) < 4.78 is 5.00. The molecule has 0 heterocycles. The summed E-state index contributed by atoms with van der Waals surface area (Å²) in [7, 11) is 1.73. The highest BCUT2D eigenvalue weighted by Gasteiger charge is 2.07. The fourth-order valence-corrected chi connectivity index (χ4v) is 1.83. The Morgan fingerprint density at radius 2 is 2.00 bits per heavy atom. The average Bonchev–Trinajstić information content (AvgIpc) is 2.34. The Labute approximate surface area is 104 Å². The van der Waals surface area contributed by atoms with Gasteiger partial charge in [0.15, 0.2) is 0 Å². The van der Waals surface area contributed by atoms with Gasteiger partial charge in [-0.3, -0.25) is 0 Å². The van der Waals surface area contributed by atoms with Crippen LogP contribution in [0.2, 0.25) is 0 Å². The van der Waals surface area contributed by atoms with E-state index >= 15 is 0 Å². The smallest absolute Gasteiger partial charge is 0.120 e. The first-order valence-corrected chi connectivity index (χ1v) is 6.26. The van der Waals surface area contributed by atoms with Crippen molar-refractivity contribution in [1.82, 2.24) is 5.32 Å². The van der Waals surface area contributed by atoms with E-state index in [9.17, 15) is 5.11 Å². The minimum Gasteiger partial charge on any atom is -0.508 e. The van der Waals surface area contributed by atoms with Gasteiger partial charge in [-0.15, -0.1) is 0 Å². The number of rotatable bonds is 8. The van der Waals surface area contributed by atoms with Gasteiger partial charge in [-0.2, -0.15) is 0 Å². The Morgan fingerprint density at radius 1 is 1.24 bits per heavy atom. The van der Waals surface area contributed by atoms with Crippen molar-refractivity contribution in [3.63, 3.8) is 0 Å². The predicted octanol–water partition coefficient (Wildman–Crippen LogP) is 2.86. The molecule has 0 amide bonds. The van der Waals surface area contributed by atoms with E-state index in [0.29, 0.717) is 5.75 Å². The molecule has 1 atom stereocenters. The summed E-state index contributed by atoms with van der Waals surface area (Å²) in [5.74, 6) is 0.367. The summed E-state index contributed by atoms with van der Waals surface area (Å²) in [6.45, 7) is 3.89. The third kappa shape index (κ3) is 5.20. The zero-order chi connectivity index (χ0) is 12.5. The molecule has 1 aromatic carbocycles. The van der Waals surface area contributed by atoms with Gasteiger partial charge in [0.25, 0.3) is 0 Å². The van der Waals surface area contributed by atoms with Crippen molar-refractivity contribution in [3.8, 4) is 5.75 Å². The molecule has 0 saturated carbocycles. The largest absolute Gasteiger partial charge is 0.508 e. The van der Waals surface area contributed by atoms with Gasteiger partial charge in [0.05, 0.1) is 0 Å². The quantitative estimate of drug-likeness (QED) is 0.683. The van der Waals surface area contributed by atoms with Crippen LogP contribution in [0, 0.1) is 0 Å². The van der Waals surface area contributed by atoms with Gasteiger partial charge in [-0.05, 0) is 38.8 Å². The van der Waals surface area contributed by atoms with E-state index in [1.807, 2.05) is 18.2 Å². The van der Waals surface area contributed by atoms with E-state index in [1.54, 1.807) is 13.2 Å². The lowest BCUT2D eigenvalue weighted by atomic mass is 10.1. The predicted molar refractivity (Wildman–Crippen MR) is 70.3 cm³/mol. The third-order valence-corrected chi connectivity index (χ3v) is 2.88. The van der Waals surface area contributed by atoms with Crippen LogP contribution in [0.1, 0.15) is 37.8 Å². The number of hydrogen-bond donors (Lipinski definition) is 2. The maximum absolute atomic E-state index is 9.70. The van der Waals surface area contributed by atoms with Gasteiger partial charge < -0.3 is 15.2 Å². The molecule has 0 spiro atoms. The molecule has 0 bridgehead atoms. The average molecular weight is 237 g/mol. The molecule has 0 saturated heterocycles. The van der Waals surface area contributed by atoms with Gasteiger partial charge in [0, 0.05) is 25.3 Å². The first kappa shape index (κ1) is 14.0. The molecule has 0 aromatic heterocycles. The molecule has 3 nitrogen and oxygen atoms in total. The fraction of sp³-hybridized carbons (Fsp3) is 0.571. The summed E-state index contributed by atoms with van der Waals surface area (Å²) in [4.78, 5) is 0. The third-order valence-electron chi connectivity index (χ3n) is 2.88. The molecule has 0 aliphatic heterocycles. The zero-order valence-corrected chi connectivity index (χ0v) is 10.8. The second kappa shape index (κ2) is 8.09. The molecule has 2 N–H and O–H groups in total. The van der Waals surface area contributed by atoms with Gasteiger partial charge >= 0.3 is 0 Å². The van der Waals surface area contributed by atoms with Gasteiger partial charge in [-0.25, -0.2) is 0 Å². The summed E-state index contributed by atoms with van der Waals surface area (Å²) in [5.41, 5.74) is 0.962. The van der Waals surface area contributed by atoms with Crippen molar-refractivity contribution < 1.29 is 9.84 Å². The Bertz CT molecular complexity index is 315. The summed E-state index contributed by atoms with van der Waals surface area (Å²) in [5, 5.41) is 13.1. The van der Waals surface area contributed by atoms with Crippen LogP contribution in [0.5, 0.6) is 5.75 Å². The number of phenolic OH excluding ortho intramolecular Hbond substituents is 1. The van der Waals surface area contributed by atoms with Crippen molar-refractivity contribution >= 4 is 0 Å². The van der Waals surface area contributed by atoms with E-state index in [4.69, 9.17) is 4.74 Å². The Hall–Kier alpha value is -1.06. The normalized spacial score (nSPS) is 12.6. The second-order valence-corrected chi connectivity index (χ2v) is 4.29. The Balaban J connectivity index is 2.21. The lowest BCUT2D eigenvalue weighted by molar-refractivity contribution is 0.192. The lowest BCUT2D eigenvalue weighted by Crippen LogP contribution is -2.19. The highest BCUT2D eigenvalue weighted by Crippen LogP contribution is 2.22. The number of unbranched alkanes of at least 4 members (excludes halogenated alkanes) is 2. The van der Waals surface area contributed by atoms with Crippen molar-refractivity contribution in [2.45, 2.75) is 32.2 Å². The molecular weight excluding hydrogens is 214 g/mol. The number of methoxy groups -OCH3 is 1. The number of nitrogens with one attached hydrogen (secondary N) is 1. The molecule has 0 aliphatic rings. The summed E-state index contributed by atoms with van der Waals surface area (Å²) >= 11 is 0. The highest BCUT2D eigenvalue weighted by molar-refractivity contribution is 5.33. The number of para-hydroxylation sites is 1. The summed E-state index contributed by atoms with van der Waals surface area (Å²) in [6, 6.07) is 7.67. The first-order valence-electron chi connectivity index (χ1n) is 6.26. The van der Waals surface area contributed by atoms with Crippen LogP contribution in [-0.2, 0) is 4.74 Å².